The normalized spacial score (nSPS) is 19.0. The van der Waals surface area contributed by atoms with Crippen LogP contribution in [0, 0.1) is 0 Å². The van der Waals surface area contributed by atoms with Crippen LogP contribution in [0.3, 0.4) is 0 Å². The highest BCUT2D eigenvalue weighted by molar-refractivity contribution is 5.90. The van der Waals surface area contributed by atoms with Gasteiger partial charge in [0.25, 0.3) is 0 Å². The lowest BCUT2D eigenvalue weighted by Crippen LogP contribution is -2.49. The predicted octanol–water partition coefficient (Wildman–Crippen LogP) is 1.55. The van der Waals surface area contributed by atoms with Crippen molar-refractivity contribution in [3.8, 4) is 0 Å². The average molecular weight is 303 g/mol. The molecule has 1 heterocycles. The third kappa shape index (κ3) is 3.30. The lowest BCUT2D eigenvalue weighted by molar-refractivity contribution is -0.144. The summed E-state index contributed by atoms with van der Waals surface area (Å²) in [5.41, 5.74) is 6.89. The van der Waals surface area contributed by atoms with Crippen molar-refractivity contribution in [1.29, 1.82) is 0 Å². The Bertz CT molecular complexity index is 514. The highest BCUT2D eigenvalue weighted by Gasteiger charge is 2.37. The van der Waals surface area contributed by atoms with Gasteiger partial charge in [0.2, 0.25) is 11.8 Å². The van der Waals surface area contributed by atoms with Gasteiger partial charge in [-0.1, -0.05) is 30.3 Å². The molecule has 5 heteroatoms. The van der Waals surface area contributed by atoms with Gasteiger partial charge >= 0.3 is 0 Å². The molecule has 0 bridgehead atoms. The third-order valence-electron chi connectivity index (χ3n) is 4.32. The van der Waals surface area contributed by atoms with Gasteiger partial charge in [-0.2, -0.15) is 0 Å². The highest BCUT2D eigenvalue weighted by Crippen LogP contribution is 2.23. The first-order valence-electron chi connectivity index (χ1n) is 7.99. The summed E-state index contributed by atoms with van der Waals surface area (Å²) in [6.07, 6.45) is 1.58. The van der Waals surface area contributed by atoms with Gasteiger partial charge in [-0.25, -0.2) is 0 Å². The molecule has 1 aromatic carbocycles. The number of carbonyl (C=O) groups excluding carboxylic acids is 2. The fourth-order valence-corrected chi connectivity index (χ4v) is 3.01. The standard InChI is InChI=1S/C17H25N3O2/c1-3-19(4-2)16(21)14-11-8-12-20(14)17(22)15(18)13-9-6-5-7-10-13/h5-7,9-10,14-15H,3-4,8,11-12,18H2,1-2H3/t14-,15+/m1/s1. The smallest absolute Gasteiger partial charge is 0.245 e. The van der Waals surface area contributed by atoms with Gasteiger partial charge in [0.05, 0.1) is 0 Å². The Morgan fingerprint density at radius 3 is 2.50 bits per heavy atom. The van der Waals surface area contributed by atoms with Crippen molar-refractivity contribution in [3.63, 3.8) is 0 Å². The molecule has 2 amide bonds. The number of rotatable bonds is 5. The second kappa shape index (κ2) is 7.40. The van der Waals surface area contributed by atoms with Crippen molar-refractivity contribution in [2.75, 3.05) is 19.6 Å². The number of likely N-dealkylation sites (tertiary alicyclic amines) is 1. The third-order valence-corrected chi connectivity index (χ3v) is 4.32. The van der Waals surface area contributed by atoms with E-state index < -0.39 is 6.04 Å². The lowest BCUT2D eigenvalue weighted by atomic mass is 10.1. The minimum atomic E-state index is -0.702. The van der Waals surface area contributed by atoms with E-state index in [9.17, 15) is 9.59 Å². The van der Waals surface area contributed by atoms with Crippen LogP contribution in [0.1, 0.15) is 38.3 Å². The zero-order chi connectivity index (χ0) is 16.1. The van der Waals surface area contributed by atoms with E-state index in [1.807, 2.05) is 44.2 Å². The Kier molecular flexibility index (Phi) is 5.55. The summed E-state index contributed by atoms with van der Waals surface area (Å²) >= 11 is 0. The fourth-order valence-electron chi connectivity index (χ4n) is 3.01. The molecule has 5 nitrogen and oxygen atoms in total. The van der Waals surface area contributed by atoms with Gasteiger partial charge in [0, 0.05) is 19.6 Å². The largest absolute Gasteiger partial charge is 0.341 e. The van der Waals surface area contributed by atoms with Gasteiger partial charge in [-0.15, -0.1) is 0 Å². The lowest BCUT2D eigenvalue weighted by Gasteiger charge is -2.30. The molecule has 120 valence electrons. The minimum absolute atomic E-state index is 0.0381. The van der Waals surface area contributed by atoms with Gasteiger partial charge in [0.15, 0.2) is 0 Å². The summed E-state index contributed by atoms with van der Waals surface area (Å²) in [7, 11) is 0. The van der Waals surface area contributed by atoms with Gasteiger partial charge in [-0.3, -0.25) is 9.59 Å². The van der Waals surface area contributed by atoms with E-state index in [2.05, 4.69) is 0 Å². The topological polar surface area (TPSA) is 66.6 Å². The first kappa shape index (κ1) is 16.5. The molecular weight excluding hydrogens is 278 g/mol. The number of hydrogen-bond acceptors (Lipinski definition) is 3. The van der Waals surface area contributed by atoms with Gasteiger partial charge in [0.1, 0.15) is 12.1 Å². The molecule has 0 radical (unpaired) electrons. The Morgan fingerprint density at radius 1 is 1.27 bits per heavy atom. The van der Waals surface area contributed by atoms with Crippen LogP contribution >= 0.6 is 0 Å². The maximum atomic E-state index is 12.7. The monoisotopic (exact) mass is 303 g/mol. The highest BCUT2D eigenvalue weighted by atomic mass is 16.2. The average Bonchev–Trinajstić information content (AvgIpc) is 3.04. The van der Waals surface area contributed by atoms with E-state index in [-0.39, 0.29) is 17.9 Å². The molecule has 1 aliphatic rings. The van der Waals surface area contributed by atoms with Crippen molar-refractivity contribution in [1.82, 2.24) is 9.80 Å². The van der Waals surface area contributed by atoms with E-state index in [0.717, 1.165) is 18.4 Å². The molecule has 2 rings (SSSR count). The summed E-state index contributed by atoms with van der Waals surface area (Å²) in [4.78, 5) is 28.7. The van der Waals surface area contributed by atoms with E-state index in [4.69, 9.17) is 5.73 Å². The summed E-state index contributed by atoms with van der Waals surface area (Å²) in [6, 6.07) is 8.26. The summed E-state index contributed by atoms with van der Waals surface area (Å²) < 4.78 is 0. The zero-order valence-electron chi connectivity index (χ0n) is 13.4. The molecule has 0 aromatic heterocycles. The maximum Gasteiger partial charge on any atom is 0.245 e. The zero-order valence-corrected chi connectivity index (χ0v) is 13.4. The molecule has 1 aliphatic heterocycles. The minimum Gasteiger partial charge on any atom is -0.341 e. The quantitative estimate of drug-likeness (QED) is 0.897. The van der Waals surface area contributed by atoms with Crippen molar-refractivity contribution in [2.24, 2.45) is 5.73 Å². The maximum absolute atomic E-state index is 12.7. The van der Waals surface area contributed by atoms with Gasteiger partial charge < -0.3 is 15.5 Å². The van der Waals surface area contributed by atoms with Crippen molar-refractivity contribution in [2.45, 2.75) is 38.8 Å². The molecule has 1 saturated heterocycles. The second-order valence-corrected chi connectivity index (χ2v) is 5.59. The van der Waals surface area contributed by atoms with Crippen LogP contribution < -0.4 is 5.73 Å². The number of nitrogens with two attached hydrogens (primary N) is 1. The van der Waals surface area contributed by atoms with Crippen LogP contribution in [-0.2, 0) is 9.59 Å². The number of hydrogen-bond donors (Lipinski definition) is 1. The summed E-state index contributed by atoms with van der Waals surface area (Å²) in [5, 5.41) is 0. The molecule has 0 spiro atoms. The number of carbonyl (C=O) groups is 2. The molecule has 0 unspecified atom stereocenters. The Hall–Kier alpha value is -1.88. The number of benzene rings is 1. The van der Waals surface area contributed by atoms with E-state index >= 15 is 0 Å². The van der Waals surface area contributed by atoms with Crippen LogP contribution in [0.5, 0.6) is 0 Å². The predicted molar refractivity (Wildman–Crippen MR) is 86.0 cm³/mol. The SMILES string of the molecule is CCN(CC)C(=O)[C@H]1CCCN1C(=O)[C@@H](N)c1ccccc1. The van der Waals surface area contributed by atoms with E-state index in [1.165, 1.54) is 0 Å². The van der Waals surface area contributed by atoms with Crippen LogP contribution in [0.4, 0.5) is 0 Å². The van der Waals surface area contributed by atoms with Crippen LogP contribution in [0.25, 0.3) is 0 Å². The van der Waals surface area contributed by atoms with Gasteiger partial charge in [-0.05, 0) is 32.3 Å². The van der Waals surface area contributed by atoms with Crippen molar-refractivity contribution >= 4 is 11.8 Å². The van der Waals surface area contributed by atoms with Crippen LogP contribution in [-0.4, -0.2) is 47.3 Å². The van der Waals surface area contributed by atoms with Crippen LogP contribution in [0.15, 0.2) is 30.3 Å². The van der Waals surface area contributed by atoms with E-state index in [0.29, 0.717) is 19.6 Å². The second-order valence-electron chi connectivity index (χ2n) is 5.59. The first-order chi connectivity index (χ1) is 10.6. The molecule has 0 aliphatic carbocycles. The number of nitrogens with zero attached hydrogens (tertiary/aromatic N) is 2. The summed E-state index contributed by atoms with van der Waals surface area (Å²) in [5.74, 6) is -0.120. The Morgan fingerprint density at radius 2 is 1.91 bits per heavy atom. The van der Waals surface area contributed by atoms with E-state index in [1.54, 1.807) is 9.80 Å². The molecule has 22 heavy (non-hydrogen) atoms. The molecule has 2 atom stereocenters. The fraction of sp³-hybridized carbons (Fsp3) is 0.529. The first-order valence-corrected chi connectivity index (χ1v) is 7.99. The molecule has 2 N–H and O–H groups in total. The van der Waals surface area contributed by atoms with Crippen LogP contribution in [0.2, 0.25) is 0 Å². The van der Waals surface area contributed by atoms with Crippen molar-refractivity contribution < 1.29 is 9.59 Å². The molecule has 1 fully saturated rings. The molecule has 1 aromatic rings. The Labute approximate surface area is 132 Å². The van der Waals surface area contributed by atoms with Crippen molar-refractivity contribution in [3.05, 3.63) is 35.9 Å². The number of likely N-dealkylation sites (N-methyl/N-ethyl adjacent to an activating group) is 1. The molecular formula is C17H25N3O2. The Balaban J connectivity index is 2.13. The molecule has 0 saturated carbocycles. The number of amides is 2. The summed E-state index contributed by atoms with van der Waals surface area (Å²) in [6.45, 7) is 5.85.